The lowest BCUT2D eigenvalue weighted by Crippen LogP contribution is -2.60. The van der Waals surface area contributed by atoms with Crippen LogP contribution in [0.4, 0.5) is 0 Å². The molecule has 7 aliphatic carbocycles. The standard InChI is InChI=1S/C27H45B/c1-17-22-13-19(26(22,3)4)15-24(17)28(21-11-9-7-8-10-12-21)25-16-20-14-23(18(25)2)27(20,5)6/h9,11,17-25H,7-8,10,12-16H2,1-6H3/t17-,18-,19+,20+,21?,22-,23-,24-,25-/m1/s1. The van der Waals surface area contributed by atoms with Crippen molar-refractivity contribution >= 4 is 6.71 Å². The molecule has 0 nitrogen and oxygen atoms in total. The van der Waals surface area contributed by atoms with E-state index in [9.17, 15) is 0 Å². The van der Waals surface area contributed by atoms with Crippen LogP contribution in [0.1, 0.15) is 92.9 Å². The highest BCUT2D eigenvalue weighted by Gasteiger charge is 2.62. The average molecular weight is 380 g/mol. The second-order valence-electron chi connectivity index (χ2n) is 13.2. The predicted octanol–water partition coefficient (Wildman–Crippen LogP) is 8.13. The molecule has 0 N–H and O–H groups in total. The molecule has 0 spiro atoms. The molecular weight excluding hydrogens is 335 g/mol. The van der Waals surface area contributed by atoms with Crippen LogP contribution in [0.5, 0.6) is 0 Å². The largest absolute Gasteiger partial charge is 0.154 e. The Kier molecular flexibility index (Phi) is 4.69. The second kappa shape index (κ2) is 6.65. The molecular formula is C27H45B. The normalized spacial score (nSPS) is 50.9. The van der Waals surface area contributed by atoms with Gasteiger partial charge in [0.1, 0.15) is 0 Å². The first kappa shape index (κ1) is 19.7. The van der Waals surface area contributed by atoms with Gasteiger partial charge in [-0.25, -0.2) is 0 Å². The van der Waals surface area contributed by atoms with Crippen LogP contribution < -0.4 is 0 Å². The van der Waals surface area contributed by atoms with Crippen molar-refractivity contribution in [2.75, 3.05) is 0 Å². The molecule has 28 heavy (non-hydrogen) atoms. The maximum atomic E-state index is 2.72. The van der Waals surface area contributed by atoms with Gasteiger partial charge in [-0.2, -0.15) is 0 Å². The van der Waals surface area contributed by atoms with Crippen LogP contribution in [0.15, 0.2) is 12.2 Å². The van der Waals surface area contributed by atoms with Crippen molar-refractivity contribution < 1.29 is 0 Å². The van der Waals surface area contributed by atoms with Crippen molar-refractivity contribution in [1.29, 1.82) is 0 Å². The molecule has 0 radical (unpaired) electrons. The molecule has 7 aliphatic rings. The molecule has 0 aromatic heterocycles. The first-order valence-electron chi connectivity index (χ1n) is 12.9. The zero-order chi connectivity index (χ0) is 19.8. The van der Waals surface area contributed by atoms with Gasteiger partial charge in [0.05, 0.1) is 0 Å². The maximum absolute atomic E-state index is 2.72. The van der Waals surface area contributed by atoms with Crippen LogP contribution in [0.3, 0.4) is 0 Å². The van der Waals surface area contributed by atoms with Gasteiger partial charge in [0.2, 0.25) is 0 Å². The van der Waals surface area contributed by atoms with E-state index in [2.05, 4.69) is 53.7 Å². The minimum absolute atomic E-state index is 0.627. The summed E-state index contributed by atoms with van der Waals surface area (Å²) < 4.78 is 0. The van der Waals surface area contributed by atoms with Gasteiger partial charge in [-0.15, -0.1) is 0 Å². The Morgan fingerprint density at radius 1 is 0.750 bits per heavy atom. The lowest BCUT2D eigenvalue weighted by Gasteiger charge is -2.67. The minimum atomic E-state index is 0.627. The summed E-state index contributed by atoms with van der Waals surface area (Å²) in [5.41, 5.74) is 1.25. The SMILES string of the molecule is C[C@@H]1[C@H]2C[C@@H](C[C@H]1B(C1C=CCCCC1)[C@@H]1C[C@@H]3C[C@H]([C@H]1C)C3(C)C)C2(C)C. The molecule has 1 heteroatoms. The number of rotatable bonds is 3. The van der Waals surface area contributed by atoms with E-state index in [1.807, 2.05) is 0 Å². The van der Waals surface area contributed by atoms with Gasteiger partial charge in [-0.1, -0.05) is 91.0 Å². The molecule has 1 unspecified atom stereocenters. The van der Waals surface area contributed by atoms with Crippen LogP contribution in [0.25, 0.3) is 0 Å². The van der Waals surface area contributed by atoms with Crippen LogP contribution in [0, 0.1) is 46.3 Å². The van der Waals surface area contributed by atoms with Crippen molar-refractivity contribution in [3.05, 3.63) is 12.2 Å². The molecule has 6 fully saturated rings. The van der Waals surface area contributed by atoms with E-state index in [4.69, 9.17) is 0 Å². The third-order valence-electron chi connectivity index (χ3n) is 11.9. The smallest absolute Gasteiger partial charge is 0.0926 e. The van der Waals surface area contributed by atoms with Gasteiger partial charge in [-0.3, -0.25) is 0 Å². The Hall–Kier alpha value is -0.195. The lowest BCUT2D eigenvalue weighted by molar-refractivity contribution is -0.107. The van der Waals surface area contributed by atoms with Crippen molar-refractivity contribution in [2.45, 2.75) is 110 Å². The molecule has 0 aromatic carbocycles. The molecule has 0 saturated heterocycles. The van der Waals surface area contributed by atoms with Crippen molar-refractivity contribution in [3.63, 3.8) is 0 Å². The Labute approximate surface area is 175 Å². The number of fused-ring (bicyclic) bond motifs is 4. The zero-order valence-electron chi connectivity index (χ0n) is 19.6. The predicted molar refractivity (Wildman–Crippen MR) is 123 cm³/mol. The van der Waals surface area contributed by atoms with E-state index in [0.717, 1.165) is 59.7 Å². The van der Waals surface area contributed by atoms with Crippen molar-refractivity contribution in [3.8, 4) is 0 Å². The molecule has 0 heterocycles. The highest BCUT2D eigenvalue weighted by molar-refractivity contribution is 6.64. The molecule has 6 saturated carbocycles. The fourth-order valence-corrected chi connectivity index (χ4v) is 9.68. The molecule has 0 aromatic rings. The Balaban J connectivity index is 1.45. The highest BCUT2D eigenvalue weighted by Crippen LogP contribution is 2.70. The summed E-state index contributed by atoms with van der Waals surface area (Å²) in [6.07, 6.45) is 17.2. The fourth-order valence-electron chi connectivity index (χ4n) is 9.68. The lowest BCUT2D eigenvalue weighted by atomic mass is 9.17. The number of allylic oxidation sites excluding steroid dienone is 2. The minimum Gasteiger partial charge on any atom is -0.0926 e. The summed E-state index contributed by atoms with van der Waals surface area (Å²) in [6, 6.07) is 0. The monoisotopic (exact) mass is 380 g/mol. The topological polar surface area (TPSA) is 0 Å². The van der Waals surface area contributed by atoms with Gasteiger partial charge in [-0.05, 0) is 77.8 Å². The summed E-state index contributed by atoms with van der Waals surface area (Å²) in [5.74, 6) is 8.79. The van der Waals surface area contributed by atoms with E-state index in [-0.39, 0.29) is 0 Å². The maximum Gasteiger partial charge on any atom is 0.154 e. The third kappa shape index (κ3) is 2.69. The Morgan fingerprint density at radius 3 is 1.75 bits per heavy atom. The first-order valence-corrected chi connectivity index (χ1v) is 12.9. The molecule has 7 rings (SSSR count). The second-order valence-corrected chi connectivity index (χ2v) is 13.2. The quantitative estimate of drug-likeness (QED) is 0.342. The van der Waals surface area contributed by atoms with E-state index >= 15 is 0 Å². The van der Waals surface area contributed by atoms with Gasteiger partial charge in [0, 0.05) is 0 Å². The zero-order valence-corrected chi connectivity index (χ0v) is 19.6. The first-order chi connectivity index (χ1) is 13.2. The summed E-state index contributed by atoms with van der Waals surface area (Å²) >= 11 is 0. The highest BCUT2D eigenvalue weighted by atomic mass is 14.6. The summed E-state index contributed by atoms with van der Waals surface area (Å²) in [5, 5.41) is 0. The number of hydrogen-bond donors (Lipinski definition) is 0. The van der Waals surface area contributed by atoms with Gasteiger partial charge in [0.15, 0.2) is 6.71 Å². The molecule has 0 aliphatic heterocycles. The van der Waals surface area contributed by atoms with Crippen LogP contribution in [-0.2, 0) is 0 Å². The summed E-state index contributed by atoms with van der Waals surface area (Å²) in [7, 11) is 0. The Bertz CT molecular complexity index is 588. The van der Waals surface area contributed by atoms with Gasteiger partial charge in [0.25, 0.3) is 0 Å². The van der Waals surface area contributed by atoms with Crippen molar-refractivity contribution in [2.24, 2.45) is 46.3 Å². The average Bonchev–Trinajstić information content (AvgIpc) is 2.92. The molecule has 4 bridgehead atoms. The molecule has 156 valence electrons. The van der Waals surface area contributed by atoms with Gasteiger partial charge >= 0.3 is 0 Å². The molecule has 9 atom stereocenters. The fraction of sp³-hybridized carbons (Fsp3) is 0.926. The van der Waals surface area contributed by atoms with E-state index in [0.29, 0.717) is 10.8 Å². The molecule has 0 amide bonds. The summed E-state index contributed by atoms with van der Waals surface area (Å²) in [4.78, 5) is 0. The van der Waals surface area contributed by atoms with Crippen LogP contribution in [-0.4, -0.2) is 6.71 Å². The summed E-state index contributed by atoms with van der Waals surface area (Å²) in [6.45, 7) is 16.6. The Morgan fingerprint density at radius 2 is 1.29 bits per heavy atom. The third-order valence-corrected chi connectivity index (χ3v) is 11.9. The van der Waals surface area contributed by atoms with E-state index in [1.165, 1.54) is 38.5 Å². The van der Waals surface area contributed by atoms with E-state index in [1.54, 1.807) is 12.8 Å². The van der Waals surface area contributed by atoms with E-state index < -0.39 is 0 Å². The number of hydrogen-bond acceptors (Lipinski definition) is 0. The van der Waals surface area contributed by atoms with Crippen LogP contribution >= 0.6 is 0 Å². The van der Waals surface area contributed by atoms with Gasteiger partial charge < -0.3 is 0 Å². The van der Waals surface area contributed by atoms with Crippen molar-refractivity contribution in [1.82, 2.24) is 0 Å². The van der Waals surface area contributed by atoms with Crippen LogP contribution in [0.2, 0.25) is 17.5 Å².